The number of phenolic OH excluding ortho intramolecular Hbond substituents is 1. The van der Waals surface area contributed by atoms with Gasteiger partial charge >= 0.3 is 0 Å². The van der Waals surface area contributed by atoms with Gasteiger partial charge in [-0.15, -0.1) is 0 Å². The molecule has 0 bridgehead atoms. The topological polar surface area (TPSA) is 107 Å². The van der Waals surface area contributed by atoms with Crippen LogP contribution in [0.15, 0.2) is 35.3 Å². The standard InChI is InChI=1S/C18H15FN4O3/c1-26-13-4-2-3-11(16(13)19)14-10(9-20)5-6-12(24)15(14)17(25)23-18-21-7-8-22-18/h2-6,24H,7-8H2,1H3,(H2,21,22,23,25). The molecule has 7 nitrogen and oxygen atoms in total. The van der Waals surface area contributed by atoms with Gasteiger partial charge in [0.2, 0.25) is 0 Å². The van der Waals surface area contributed by atoms with Gasteiger partial charge in [0, 0.05) is 17.7 Å². The Morgan fingerprint density at radius 2 is 2.23 bits per heavy atom. The van der Waals surface area contributed by atoms with Crippen molar-refractivity contribution in [1.82, 2.24) is 10.6 Å². The van der Waals surface area contributed by atoms with E-state index >= 15 is 0 Å². The smallest absolute Gasteiger partial charge is 0.262 e. The molecule has 0 aliphatic carbocycles. The predicted molar refractivity (Wildman–Crippen MR) is 92.5 cm³/mol. The Balaban J connectivity index is 2.19. The lowest BCUT2D eigenvalue weighted by atomic mass is 9.93. The average Bonchev–Trinajstić information content (AvgIpc) is 3.14. The maximum atomic E-state index is 14.8. The molecule has 0 spiro atoms. The largest absolute Gasteiger partial charge is 0.507 e. The number of guanidine groups is 1. The summed E-state index contributed by atoms with van der Waals surface area (Å²) in [5, 5.41) is 25.1. The van der Waals surface area contributed by atoms with Gasteiger partial charge in [-0.1, -0.05) is 12.1 Å². The minimum atomic E-state index is -0.734. The van der Waals surface area contributed by atoms with E-state index in [4.69, 9.17) is 4.74 Å². The van der Waals surface area contributed by atoms with Crippen LogP contribution in [0.1, 0.15) is 15.9 Å². The third kappa shape index (κ3) is 3.02. The van der Waals surface area contributed by atoms with Gasteiger partial charge in [-0.25, -0.2) is 4.39 Å². The molecule has 0 radical (unpaired) electrons. The van der Waals surface area contributed by atoms with Crippen LogP contribution in [0.3, 0.4) is 0 Å². The number of halogens is 1. The van der Waals surface area contributed by atoms with Crippen LogP contribution < -0.4 is 15.4 Å². The Hall–Kier alpha value is -3.60. The molecule has 3 N–H and O–H groups in total. The lowest BCUT2D eigenvalue weighted by Crippen LogP contribution is -2.38. The van der Waals surface area contributed by atoms with Crippen molar-refractivity contribution < 1.29 is 19.0 Å². The molecule has 2 aromatic rings. The predicted octanol–water partition coefficient (Wildman–Crippen LogP) is 1.77. The van der Waals surface area contributed by atoms with Crippen molar-refractivity contribution in [2.75, 3.05) is 20.2 Å². The number of rotatable bonds is 3. The number of benzene rings is 2. The zero-order valence-electron chi connectivity index (χ0n) is 13.8. The number of nitrogens with zero attached hydrogens (tertiary/aromatic N) is 2. The van der Waals surface area contributed by atoms with Crippen LogP contribution in [0.25, 0.3) is 11.1 Å². The third-order valence-electron chi connectivity index (χ3n) is 3.89. The first-order chi connectivity index (χ1) is 12.6. The number of amides is 1. The van der Waals surface area contributed by atoms with E-state index in [0.717, 1.165) is 0 Å². The van der Waals surface area contributed by atoms with E-state index in [9.17, 15) is 19.6 Å². The van der Waals surface area contributed by atoms with Crippen molar-refractivity contribution in [3.63, 3.8) is 0 Å². The van der Waals surface area contributed by atoms with Crippen LogP contribution in [0.5, 0.6) is 11.5 Å². The monoisotopic (exact) mass is 354 g/mol. The van der Waals surface area contributed by atoms with Crippen LogP contribution in [0.4, 0.5) is 4.39 Å². The zero-order valence-corrected chi connectivity index (χ0v) is 13.8. The summed E-state index contributed by atoms with van der Waals surface area (Å²) in [4.78, 5) is 16.7. The molecular weight excluding hydrogens is 339 g/mol. The van der Waals surface area contributed by atoms with E-state index in [0.29, 0.717) is 13.1 Å². The molecule has 0 saturated heterocycles. The van der Waals surface area contributed by atoms with Gasteiger partial charge in [-0.3, -0.25) is 15.1 Å². The van der Waals surface area contributed by atoms with E-state index in [1.54, 1.807) is 0 Å². The number of aliphatic imine (C=N–C) groups is 1. The minimum absolute atomic E-state index is 0.0139. The number of carbonyl (C=O) groups excluding carboxylic acids is 1. The number of phenols is 1. The van der Waals surface area contributed by atoms with Gasteiger partial charge in [-0.2, -0.15) is 5.26 Å². The second kappa shape index (κ2) is 7.11. The highest BCUT2D eigenvalue weighted by molar-refractivity contribution is 6.11. The molecule has 2 aromatic carbocycles. The maximum absolute atomic E-state index is 14.8. The molecule has 0 atom stereocenters. The highest BCUT2D eigenvalue weighted by Crippen LogP contribution is 2.37. The molecule has 0 saturated carbocycles. The second-order valence-corrected chi connectivity index (χ2v) is 5.43. The fourth-order valence-corrected chi connectivity index (χ4v) is 2.71. The number of hydrogen-bond acceptors (Lipinski definition) is 6. The quantitative estimate of drug-likeness (QED) is 0.779. The molecule has 1 aliphatic heterocycles. The fourth-order valence-electron chi connectivity index (χ4n) is 2.71. The SMILES string of the molecule is COc1cccc(-c2c(C#N)ccc(O)c2C(=O)NC2=NCCN2)c1F. The Morgan fingerprint density at radius 1 is 1.42 bits per heavy atom. The summed E-state index contributed by atoms with van der Waals surface area (Å²) in [6, 6.07) is 8.84. The van der Waals surface area contributed by atoms with Gasteiger partial charge in [0.25, 0.3) is 5.91 Å². The Kier molecular flexibility index (Phi) is 4.71. The van der Waals surface area contributed by atoms with Crippen LogP contribution in [-0.2, 0) is 0 Å². The zero-order chi connectivity index (χ0) is 18.7. The summed E-state index contributed by atoms with van der Waals surface area (Å²) < 4.78 is 19.7. The number of hydrogen-bond donors (Lipinski definition) is 3. The summed E-state index contributed by atoms with van der Waals surface area (Å²) in [6.45, 7) is 1.09. The van der Waals surface area contributed by atoms with Crippen molar-refractivity contribution in [2.24, 2.45) is 4.99 Å². The fraction of sp³-hybridized carbons (Fsp3) is 0.167. The van der Waals surface area contributed by atoms with Crippen LogP contribution in [-0.4, -0.2) is 37.2 Å². The first-order valence-corrected chi connectivity index (χ1v) is 7.75. The summed E-state index contributed by atoms with van der Waals surface area (Å²) in [7, 11) is 1.31. The second-order valence-electron chi connectivity index (χ2n) is 5.43. The molecule has 26 heavy (non-hydrogen) atoms. The molecule has 1 aliphatic rings. The molecule has 1 amide bonds. The summed E-state index contributed by atoms with van der Waals surface area (Å²) in [5.41, 5.74) is -0.211. The number of aromatic hydroxyl groups is 1. The molecule has 0 fully saturated rings. The number of ether oxygens (including phenoxy) is 1. The Labute approximate surface area is 148 Å². The van der Waals surface area contributed by atoms with Gasteiger partial charge in [0.1, 0.15) is 5.75 Å². The molecule has 132 valence electrons. The number of nitrogens with one attached hydrogen (secondary N) is 2. The van der Waals surface area contributed by atoms with E-state index in [2.05, 4.69) is 15.6 Å². The van der Waals surface area contributed by atoms with E-state index < -0.39 is 11.7 Å². The molecule has 0 aromatic heterocycles. The third-order valence-corrected chi connectivity index (χ3v) is 3.89. The van der Waals surface area contributed by atoms with E-state index in [-0.39, 0.29) is 39.7 Å². The van der Waals surface area contributed by atoms with Gasteiger partial charge in [-0.05, 0) is 18.2 Å². The average molecular weight is 354 g/mol. The van der Waals surface area contributed by atoms with Crippen molar-refractivity contribution in [3.05, 3.63) is 47.3 Å². The highest BCUT2D eigenvalue weighted by Gasteiger charge is 2.25. The Morgan fingerprint density at radius 3 is 2.88 bits per heavy atom. The van der Waals surface area contributed by atoms with Crippen molar-refractivity contribution in [2.45, 2.75) is 0 Å². The Bertz CT molecular complexity index is 950. The van der Waals surface area contributed by atoms with Crippen LogP contribution in [0, 0.1) is 17.1 Å². The molecular formula is C18H15FN4O3. The number of methoxy groups -OCH3 is 1. The molecule has 3 rings (SSSR count). The normalized spacial score (nSPS) is 12.7. The van der Waals surface area contributed by atoms with Crippen molar-refractivity contribution in [1.29, 1.82) is 5.26 Å². The summed E-state index contributed by atoms with van der Waals surface area (Å²) >= 11 is 0. The summed E-state index contributed by atoms with van der Waals surface area (Å²) in [5.74, 6) is -1.60. The first kappa shape index (κ1) is 17.2. The van der Waals surface area contributed by atoms with Crippen molar-refractivity contribution >= 4 is 11.9 Å². The molecule has 0 unspecified atom stereocenters. The molecule has 1 heterocycles. The van der Waals surface area contributed by atoms with Gasteiger partial charge in [0.05, 0.1) is 30.9 Å². The van der Waals surface area contributed by atoms with E-state index in [1.807, 2.05) is 6.07 Å². The number of carbonyl (C=O) groups is 1. The van der Waals surface area contributed by atoms with Crippen molar-refractivity contribution in [3.8, 4) is 28.7 Å². The summed E-state index contributed by atoms with van der Waals surface area (Å²) in [6.07, 6.45) is 0. The molecule has 8 heteroatoms. The lowest BCUT2D eigenvalue weighted by Gasteiger charge is -2.15. The number of nitriles is 1. The van der Waals surface area contributed by atoms with Crippen LogP contribution in [0.2, 0.25) is 0 Å². The maximum Gasteiger partial charge on any atom is 0.262 e. The highest BCUT2D eigenvalue weighted by atomic mass is 19.1. The first-order valence-electron chi connectivity index (χ1n) is 7.75. The van der Waals surface area contributed by atoms with Gasteiger partial charge < -0.3 is 15.2 Å². The van der Waals surface area contributed by atoms with E-state index in [1.165, 1.54) is 37.4 Å². The van der Waals surface area contributed by atoms with Crippen LogP contribution >= 0.6 is 0 Å². The lowest BCUT2D eigenvalue weighted by molar-refractivity contribution is 0.0974. The minimum Gasteiger partial charge on any atom is -0.507 e. The van der Waals surface area contributed by atoms with Gasteiger partial charge in [0.15, 0.2) is 17.5 Å².